The molecular formula is C21H20N2O5. The van der Waals surface area contributed by atoms with Crippen molar-refractivity contribution >= 4 is 5.91 Å². The van der Waals surface area contributed by atoms with Crippen molar-refractivity contribution in [3.8, 4) is 17.2 Å². The molecule has 0 aliphatic carbocycles. The predicted octanol–water partition coefficient (Wildman–Crippen LogP) is 3.53. The molecule has 2 aromatic carbocycles. The Hall–Kier alpha value is -3.48. The molecule has 7 nitrogen and oxygen atoms in total. The van der Waals surface area contributed by atoms with Crippen LogP contribution in [0.5, 0.6) is 17.2 Å². The van der Waals surface area contributed by atoms with Crippen LogP contribution in [-0.2, 0) is 13.2 Å². The molecule has 1 amide bonds. The van der Waals surface area contributed by atoms with Gasteiger partial charge in [-0.3, -0.25) is 4.79 Å². The van der Waals surface area contributed by atoms with E-state index in [0.29, 0.717) is 35.1 Å². The van der Waals surface area contributed by atoms with Gasteiger partial charge in [0.05, 0.1) is 16.8 Å². The fourth-order valence-electron chi connectivity index (χ4n) is 2.97. The maximum absolute atomic E-state index is 12.7. The topological polar surface area (TPSA) is 82.8 Å². The van der Waals surface area contributed by atoms with E-state index >= 15 is 0 Å². The quantitative estimate of drug-likeness (QED) is 0.704. The van der Waals surface area contributed by atoms with E-state index in [4.69, 9.17) is 18.7 Å². The molecule has 2 heterocycles. The standard InChI is InChI=1S/C21H20N2O5/c1-13-17(14(2)28-23-13)11-25-18-6-4-3-5-16(18)21(24)22-10-15-7-8-19-20(9-15)27-12-26-19/h3-9H,10-12H2,1-2H3,(H,22,24). The Morgan fingerprint density at radius 2 is 1.96 bits per heavy atom. The molecule has 0 spiro atoms. The first-order valence-corrected chi connectivity index (χ1v) is 8.92. The van der Waals surface area contributed by atoms with E-state index in [-0.39, 0.29) is 19.3 Å². The number of benzene rings is 2. The van der Waals surface area contributed by atoms with Crippen molar-refractivity contribution in [2.45, 2.75) is 27.0 Å². The molecule has 1 N–H and O–H groups in total. The van der Waals surface area contributed by atoms with Crippen LogP contribution in [0, 0.1) is 13.8 Å². The summed E-state index contributed by atoms with van der Waals surface area (Å²) in [6.07, 6.45) is 0. The number of aromatic nitrogens is 1. The monoisotopic (exact) mass is 380 g/mol. The zero-order chi connectivity index (χ0) is 19.5. The van der Waals surface area contributed by atoms with E-state index in [0.717, 1.165) is 16.8 Å². The molecule has 0 radical (unpaired) electrons. The van der Waals surface area contributed by atoms with Crippen LogP contribution in [0.1, 0.15) is 32.9 Å². The molecule has 0 saturated carbocycles. The van der Waals surface area contributed by atoms with Crippen LogP contribution in [0.4, 0.5) is 0 Å². The number of nitrogens with zero attached hydrogens (tertiary/aromatic N) is 1. The summed E-state index contributed by atoms with van der Waals surface area (Å²) in [6, 6.07) is 12.7. The fraction of sp³-hybridized carbons (Fsp3) is 0.238. The number of hydrogen-bond acceptors (Lipinski definition) is 6. The first-order valence-electron chi connectivity index (χ1n) is 8.92. The van der Waals surface area contributed by atoms with Gasteiger partial charge in [-0.25, -0.2) is 0 Å². The minimum Gasteiger partial charge on any atom is -0.488 e. The van der Waals surface area contributed by atoms with E-state index in [2.05, 4.69) is 10.5 Å². The number of hydrogen-bond donors (Lipinski definition) is 1. The number of carbonyl (C=O) groups is 1. The molecule has 1 aliphatic rings. The van der Waals surface area contributed by atoms with Crippen LogP contribution in [-0.4, -0.2) is 17.9 Å². The average molecular weight is 380 g/mol. The summed E-state index contributed by atoms with van der Waals surface area (Å²) < 4.78 is 21.7. The van der Waals surface area contributed by atoms with Crippen LogP contribution < -0.4 is 19.5 Å². The van der Waals surface area contributed by atoms with Gasteiger partial charge < -0.3 is 24.1 Å². The number of aryl methyl sites for hydroxylation is 2. The highest BCUT2D eigenvalue weighted by atomic mass is 16.7. The summed E-state index contributed by atoms with van der Waals surface area (Å²) in [5, 5.41) is 6.84. The zero-order valence-electron chi connectivity index (χ0n) is 15.7. The molecule has 0 bridgehead atoms. The lowest BCUT2D eigenvalue weighted by atomic mass is 10.1. The van der Waals surface area contributed by atoms with Gasteiger partial charge in [-0.15, -0.1) is 0 Å². The molecule has 0 fully saturated rings. The maximum atomic E-state index is 12.7. The van der Waals surface area contributed by atoms with Crippen LogP contribution in [0.25, 0.3) is 0 Å². The van der Waals surface area contributed by atoms with E-state index in [1.165, 1.54) is 0 Å². The van der Waals surface area contributed by atoms with E-state index in [1.807, 2.05) is 38.1 Å². The molecule has 4 rings (SSSR count). The third kappa shape index (κ3) is 3.64. The van der Waals surface area contributed by atoms with Crippen molar-refractivity contribution in [1.29, 1.82) is 0 Å². The molecule has 28 heavy (non-hydrogen) atoms. The zero-order valence-corrected chi connectivity index (χ0v) is 15.7. The van der Waals surface area contributed by atoms with E-state index in [9.17, 15) is 4.79 Å². The fourth-order valence-corrected chi connectivity index (χ4v) is 2.97. The van der Waals surface area contributed by atoms with Gasteiger partial charge in [-0.2, -0.15) is 0 Å². The Kier molecular flexibility index (Phi) is 4.89. The van der Waals surface area contributed by atoms with Gasteiger partial charge in [0, 0.05) is 6.54 Å². The average Bonchev–Trinajstić information content (AvgIpc) is 3.30. The van der Waals surface area contributed by atoms with Gasteiger partial charge in [0.1, 0.15) is 18.1 Å². The smallest absolute Gasteiger partial charge is 0.255 e. The molecular weight excluding hydrogens is 360 g/mol. The second kappa shape index (κ2) is 7.64. The summed E-state index contributed by atoms with van der Waals surface area (Å²) >= 11 is 0. The Bertz CT molecular complexity index is 992. The number of nitrogens with one attached hydrogen (secondary N) is 1. The van der Waals surface area contributed by atoms with Crippen LogP contribution in [0.3, 0.4) is 0 Å². The Labute approximate surface area is 162 Å². The van der Waals surface area contributed by atoms with Gasteiger partial charge in [0.25, 0.3) is 5.91 Å². The summed E-state index contributed by atoms with van der Waals surface area (Å²) in [4.78, 5) is 12.7. The summed E-state index contributed by atoms with van der Waals surface area (Å²) in [6.45, 7) is 4.57. The molecule has 3 aromatic rings. The van der Waals surface area contributed by atoms with E-state index in [1.54, 1.807) is 18.2 Å². The largest absolute Gasteiger partial charge is 0.488 e. The highest BCUT2D eigenvalue weighted by molar-refractivity contribution is 5.96. The maximum Gasteiger partial charge on any atom is 0.255 e. The Morgan fingerprint density at radius 1 is 1.14 bits per heavy atom. The van der Waals surface area contributed by atoms with Crippen molar-refractivity contribution in [1.82, 2.24) is 10.5 Å². The second-order valence-electron chi connectivity index (χ2n) is 6.46. The van der Waals surface area contributed by atoms with Gasteiger partial charge in [-0.05, 0) is 43.7 Å². The summed E-state index contributed by atoms with van der Waals surface area (Å²) in [5.41, 5.74) is 3.06. The number of amides is 1. The lowest BCUT2D eigenvalue weighted by Crippen LogP contribution is -2.23. The van der Waals surface area contributed by atoms with Gasteiger partial charge in [-0.1, -0.05) is 23.4 Å². The lowest BCUT2D eigenvalue weighted by molar-refractivity contribution is 0.0946. The normalized spacial score (nSPS) is 12.1. The first kappa shape index (κ1) is 17.9. The minimum atomic E-state index is -0.216. The molecule has 7 heteroatoms. The predicted molar refractivity (Wildman–Crippen MR) is 100 cm³/mol. The SMILES string of the molecule is Cc1noc(C)c1COc1ccccc1C(=O)NCc1ccc2c(c1)OCO2. The Balaban J connectivity index is 1.43. The number of ether oxygens (including phenoxy) is 3. The number of rotatable bonds is 6. The van der Waals surface area contributed by atoms with Gasteiger partial charge in [0.2, 0.25) is 6.79 Å². The van der Waals surface area contributed by atoms with Gasteiger partial charge in [0.15, 0.2) is 11.5 Å². The molecule has 0 unspecified atom stereocenters. The van der Waals surface area contributed by atoms with Crippen molar-refractivity contribution < 1.29 is 23.5 Å². The van der Waals surface area contributed by atoms with Crippen molar-refractivity contribution in [2.24, 2.45) is 0 Å². The van der Waals surface area contributed by atoms with Crippen molar-refractivity contribution in [2.75, 3.05) is 6.79 Å². The third-order valence-corrected chi connectivity index (χ3v) is 4.57. The number of carbonyl (C=O) groups excluding carboxylic acids is 1. The van der Waals surface area contributed by atoms with Crippen LogP contribution >= 0.6 is 0 Å². The third-order valence-electron chi connectivity index (χ3n) is 4.57. The molecule has 1 aromatic heterocycles. The van der Waals surface area contributed by atoms with E-state index < -0.39 is 0 Å². The number of para-hydroxylation sites is 1. The first-order chi connectivity index (χ1) is 13.6. The highest BCUT2D eigenvalue weighted by Gasteiger charge is 2.16. The second-order valence-corrected chi connectivity index (χ2v) is 6.46. The highest BCUT2D eigenvalue weighted by Crippen LogP contribution is 2.32. The summed E-state index contributed by atoms with van der Waals surface area (Å²) in [5.74, 6) is 2.41. The Morgan fingerprint density at radius 3 is 2.79 bits per heavy atom. The summed E-state index contributed by atoms with van der Waals surface area (Å²) in [7, 11) is 0. The molecule has 1 aliphatic heterocycles. The van der Waals surface area contributed by atoms with Crippen molar-refractivity contribution in [3.63, 3.8) is 0 Å². The molecule has 0 saturated heterocycles. The number of fused-ring (bicyclic) bond motifs is 1. The van der Waals surface area contributed by atoms with Gasteiger partial charge >= 0.3 is 0 Å². The van der Waals surface area contributed by atoms with Crippen LogP contribution in [0.15, 0.2) is 47.0 Å². The van der Waals surface area contributed by atoms with Crippen LogP contribution in [0.2, 0.25) is 0 Å². The minimum absolute atomic E-state index is 0.216. The van der Waals surface area contributed by atoms with Crippen molar-refractivity contribution in [3.05, 3.63) is 70.6 Å². The molecule has 0 atom stereocenters. The lowest BCUT2D eigenvalue weighted by Gasteiger charge is -2.12. The molecule has 144 valence electrons.